The summed E-state index contributed by atoms with van der Waals surface area (Å²) in [6.45, 7) is 3.09. The molecule has 2 unspecified atom stereocenters. The molecule has 4 rings (SSSR count). The number of carbonyl (C=O) groups is 1. The van der Waals surface area contributed by atoms with Crippen molar-refractivity contribution in [3.8, 4) is 16.9 Å². The van der Waals surface area contributed by atoms with Gasteiger partial charge in [-0.25, -0.2) is 4.39 Å². The first-order chi connectivity index (χ1) is 19.6. The highest BCUT2D eigenvalue weighted by atomic mass is 19.4. The van der Waals surface area contributed by atoms with Crippen LogP contribution in [0, 0.1) is 11.7 Å². The highest BCUT2D eigenvalue weighted by molar-refractivity contribution is 5.72. The second kappa shape index (κ2) is 15.5. The molecule has 1 saturated heterocycles. The third-order valence-corrected chi connectivity index (χ3v) is 8.00. The summed E-state index contributed by atoms with van der Waals surface area (Å²) < 4.78 is 67.0. The van der Waals surface area contributed by atoms with Crippen LogP contribution < -0.4 is 4.74 Å². The highest BCUT2D eigenvalue weighted by Gasteiger charge is 2.42. The first kappa shape index (κ1) is 32.9. The Bertz CT molecular complexity index is 1100. The van der Waals surface area contributed by atoms with E-state index < -0.39 is 29.1 Å². The second-order valence-corrected chi connectivity index (χ2v) is 10.9. The van der Waals surface area contributed by atoms with Gasteiger partial charge in [0.15, 0.2) is 0 Å². The van der Waals surface area contributed by atoms with Gasteiger partial charge in [0.05, 0.1) is 17.8 Å². The number of amides is 1. The maximum atomic E-state index is 15.4. The first-order valence-electron chi connectivity index (χ1n) is 14.7. The topological polar surface area (TPSA) is 59.0 Å². The van der Waals surface area contributed by atoms with Crippen molar-refractivity contribution in [2.45, 2.75) is 82.9 Å². The predicted molar refractivity (Wildman–Crippen MR) is 151 cm³/mol. The molecule has 2 aromatic rings. The van der Waals surface area contributed by atoms with Gasteiger partial charge in [-0.05, 0) is 74.4 Å². The van der Waals surface area contributed by atoms with Gasteiger partial charge in [-0.3, -0.25) is 4.79 Å². The molecule has 5 nitrogen and oxygen atoms in total. The standard InChI is InChI=1S/C27H33F4NO4.C5H10/c1-3-36-22-15-19(14-21(16-22)27(29,30)31)25-23(9-6-10-24(25)28)26(34,11-4-5-13-35-2)20-8-7-12-32(17-20)18-33;1-2-4-5-3-1/h6,9-10,14-16,18,20,34H,3-5,7-8,11-13,17H2,1-2H3;1-5H2. The van der Waals surface area contributed by atoms with E-state index in [1.54, 1.807) is 25.0 Å². The number of ether oxygens (including phenoxy) is 2. The monoisotopic (exact) mass is 581 g/mol. The second-order valence-electron chi connectivity index (χ2n) is 10.9. The van der Waals surface area contributed by atoms with Crippen molar-refractivity contribution in [1.82, 2.24) is 4.90 Å². The van der Waals surface area contributed by atoms with E-state index in [9.17, 15) is 23.1 Å². The van der Waals surface area contributed by atoms with Gasteiger partial charge in [-0.2, -0.15) is 13.2 Å². The minimum Gasteiger partial charge on any atom is -0.494 e. The number of halogens is 4. The van der Waals surface area contributed by atoms with Crippen LogP contribution in [0.15, 0.2) is 36.4 Å². The van der Waals surface area contributed by atoms with E-state index in [0.717, 1.165) is 18.5 Å². The number of benzene rings is 2. The fourth-order valence-electron chi connectivity index (χ4n) is 5.91. The van der Waals surface area contributed by atoms with Crippen LogP contribution in [0.25, 0.3) is 11.1 Å². The summed E-state index contributed by atoms with van der Waals surface area (Å²) >= 11 is 0. The van der Waals surface area contributed by atoms with Gasteiger partial charge in [-0.15, -0.1) is 0 Å². The molecule has 1 heterocycles. The highest BCUT2D eigenvalue weighted by Crippen LogP contribution is 2.46. The molecule has 228 valence electrons. The molecule has 1 saturated carbocycles. The Hall–Kier alpha value is -2.65. The van der Waals surface area contributed by atoms with Crippen LogP contribution in [0.2, 0.25) is 0 Å². The fourth-order valence-corrected chi connectivity index (χ4v) is 5.91. The van der Waals surface area contributed by atoms with Crippen molar-refractivity contribution in [3.63, 3.8) is 0 Å². The molecule has 9 heteroatoms. The molecule has 1 aliphatic carbocycles. The van der Waals surface area contributed by atoms with Crippen LogP contribution in [0.5, 0.6) is 5.75 Å². The lowest BCUT2D eigenvalue weighted by atomic mass is 9.72. The van der Waals surface area contributed by atoms with Gasteiger partial charge >= 0.3 is 6.18 Å². The SMILES string of the molecule is C1CCCC1.CCOc1cc(-c2c(F)cccc2C(O)(CCCCOC)C2CCCN(C=O)C2)cc(C(F)(F)F)c1. The number of aliphatic hydroxyl groups is 1. The zero-order valence-electron chi connectivity index (χ0n) is 24.1. The summed E-state index contributed by atoms with van der Waals surface area (Å²) in [5.41, 5.74) is -2.46. The lowest BCUT2D eigenvalue weighted by Gasteiger charge is -2.43. The first-order valence-corrected chi connectivity index (χ1v) is 14.7. The van der Waals surface area contributed by atoms with E-state index in [1.807, 2.05) is 0 Å². The molecule has 1 N–H and O–H groups in total. The molecule has 2 atom stereocenters. The van der Waals surface area contributed by atoms with Crippen LogP contribution in [-0.4, -0.2) is 49.8 Å². The molecule has 1 amide bonds. The number of hydrogen-bond acceptors (Lipinski definition) is 4. The summed E-state index contributed by atoms with van der Waals surface area (Å²) in [5.74, 6) is -1.20. The average Bonchev–Trinajstić information content (AvgIpc) is 3.55. The van der Waals surface area contributed by atoms with Crippen LogP contribution >= 0.6 is 0 Å². The number of piperidine rings is 1. The van der Waals surface area contributed by atoms with Crippen LogP contribution in [0.3, 0.4) is 0 Å². The summed E-state index contributed by atoms with van der Waals surface area (Å²) in [6, 6.07) is 7.32. The number of carbonyl (C=O) groups excluding carboxylic acids is 1. The third-order valence-electron chi connectivity index (χ3n) is 8.00. The molecule has 0 spiro atoms. The van der Waals surface area contributed by atoms with Crippen molar-refractivity contribution in [2.75, 3.05) is 33.4 Å². The number of hydrogen-bond donors (Lipinski definition) is 1. The van der Waals surface area contributed by atoms with Crippen molar-refractivity contribution in [1.29, 1.82) is 0 Å². The number of nitrogens with zero attached hydrogens (tertiary/aromatic N) is 1. The summed E-state index contributed by atoms with van der Waals surface area (Å²) in [4.78, 5) is 13.1. The largest absolute Gasteiger partial charge is 0.494 e. The molecule has 2 aromatic carbocycles. The van der Waals surface area contributed by atoms with Crippen LogP contribution in [0.4, 0.5) is 17.6 Å². The normalized spacial score (nSPS) is 18.8. The molecule has 2 fully saturated rings. The average molecular weight is 582 g/mol. The predicted octanol–water partition coefficient (Wildman–Crippen LogP) is 7.73. The van der Waals surface area contributed by atoms with E-state index in [0.29, 0.717) is 38.8 Å². The van der Waals surface area contributed by atoms with E-state index in [1.165, 1.54) is 50.3 Å². The van der Waals surface area contributed by atoms with E-state index >= 15 is 4.39 Å². The minimum atomic E-state index is -4.67. The van der Waals surface area contributed by atoms with Gasteiger partial charge in [0.25, 0.3) is 0 Å². The lowest BCUT2D eigenvalue weighted by Crippen LogP contribution is -2.46. The zero-order valence-corrected chi connectivity index (χ0v) is 24.1. The van der Waals surface area contributed by atoms with Gasteiger partial charge in [0.2, 0.25) is 6.41 Å². The molecular weight excluding hydrogens is 538 g/mol. The summed E-state index contributed by atoms with van der Waals surface area (Å²) in [6.07, 6.45) is 6.24. The molecule has 0 bridgehead atoms. The molecule has 2 aliphatic rings. The number of unbranched alkanes of at least 4 members (excludes halogenated alkanes) is 1. The Morgan fingerprint density at radius 3 is 2.37 bits per heavy atom. The molecule has 1 aliphatic heterocycles. The lowest BCUT2D eigenvalue weighted by molar-refractivity contribution is -0.137. The fraction of sp³-hybridized carbons (Fsp3) is 0.594. The summed E-state index contributed by atoms with van der Waals surface area (Å²) in [7, 11) is 1.57. The molecule has 0 aromatic heterocycles. The Morgan fingerprint density at radius 1 is 1.05 bits per heavy atom. The number of methoxy groups -OCH3 is 1. The van der Waals surface area contributed by atoms with E-state index in [2.05, 4.69) is 0 Å². The summed E-state index contributed by atoms with van der Waals surface area (Å²) in [5, 5.41) is 12.2. The maximum Gasteiger partial charge on any atom is 0.416 e. The van der Waals surface area contributed by atoms with E-state index in [-0.39, 0.29) is 42.0 Å². The third kappa shape index (κ3) is 8.92. The molecule has 0 radical (unpaired) electrons. The number of rotatable bonds is 11. The maximum absolute atomic E-state index is 15.4. The van der Waals surface area contributed by atoms with Crippen molar-refractivity contribution >= 4 is 6.41 Å². The Labute approximate surface area is 240 Å². The Kier molecular flexibility index (Phi) is 12.5. The minimum absolute atomic E-state index is 0.0280. The van der Waals surface area contributed by atoms with Crippen molar-refractivity contribution < 1.29 is 36.9 Å². The van der Waals surface area contributed by atoms with Gasteiger partial charge in [0.1, 0.15) is 11.6 Å². The molecule has 41 heavy (non-hydrogen) atoms. The Morgan fingerprint density at radius 2 is 1.76 bits per heavy atom. The number of alkyl halides is 3. The quantitative estimate of drug-likeness (QED) is 0.168. The molecular formula is C32H43F4NO4. The number of likely N-dealkylation sites (tertiary alicyclic amines) is 1. The van der Waals surface area contributed by atoms with Crippen molar-refractivity contribution in [2.24, 2.45) is 5.92 Å². The zero-order chi connectivity index (χ0) is 29.9. The van der Waals surface area contributed by atoms with Crippen LogP contribution in [0.1, 0.15) is 82.3 Å². The Balaban J connectivity index is 0.000000832. The van der Waals surface area contributed by atoms with Gasteiger partial charge < -0.3 is 19.5 Å². The van der Waals surface area contributed by atoms with Crippen molar-refractivity contribution in [3.05, 3.63) is 53.3 Å². The van der Waals surface area contributed by atoms with Gasteiger partial charge in [0, 0.05) is 38.3 Å². The van der Waals surface area contributed by atoms with Crippen LogP contribution in [-0.2, 0) is 21.3 Å². The van der Waals surface area contributed by atoms with E-state index in [4.69, 9.17) is 9.47 Å². The van der Waals surface area contributed by atoms with Gasteiger partial charge in [-0.1, -0.05) is 44.2 Å². The smallest absolute Gasteiger partial charge is 0.416 e.